The average Bonchev–Trinajstić information content (AvgIpc) is 3.72. The summed E-state index contributed by atoms with van der Waals surface area (Å²) in [6.07, 6.45) is 8.10. The Balaban J connectivity index is 0.000000259. The molecule has 8 unspecified atom stereocenters. The number of aliphatic hydroxyl groups is 8. The van der Waals surface area contributed by atoms with Gasteiger partial charge in [0, 0.05) is 0 Å². The van der Waals surface area contributed by atoms with E-state index in [1.807, 2.05) is 0 Å². The quantitative estimate of drug-likeness (QED) is 0.126. The van der Waals surface area contributed by atoms with Crippen LogP contribution >= 0.6 is 0 Å². The lowest BCUT2D eigenvalue weighted by Gasteiger charge is -2.52. The maximum absolute atomic E-state index is 10.7. The Morgan fingerprint density at radius 3 is 1.34 bits per heavy atom. The summed E-state index contributed by atoms with van der Waals surface area (Å²) in [6, 6.07) is -1.00. The SMILES string of the molecule is CCCCCCN.CCCCCCNC1C2O[C@@](C)(O)C(C)(O)C(C)(O)[C@@]12O.CNC1C2O[C@@](C)(O)C(C)(O)C(C)(O)[C@@]12O. The smallest absolute Gasteiger partial charge is 0.195 e. The Morgan fingerprint density at radius 1 is 0.568 bits per heavy atom. The topological polar surface area (TPSA) is 230 Å². The highest BCUT2D eigenvalue weighted by Crippen LogP contribution is 2.60. The predicted molar refractivity (Wildman–Crippen MR) is 165 cm³/mol. The standard InChI is InChI=1S/C15H29NO5.C10H19NO5.C6H15N/c1-5-6-7-8-9-16-10-11-15(10,20)13(3,18)12(2,17)14(4,19)21-11;1-7(12)8(2,13)10(15)5(11-4)6(10)16-9(7,3)14;1-2-3-4-5-6-7/h10-11,16-20H,5-9H2,1-4H3;5-6,11-15H,1-4H3;2-7H2,1H3/t10?,11?,12?,13?,14-,15-;5?,6?,7?,8?,9-,10-;/m11./s1. The molecule has 0 radical (unpaired) electrons. The molecule has 13 heteroatoms. The van der Waals surface area contributed by atoms with E-state index in [1.165, 1.54) is 67.2 Å². The van der Waals surface area contributed by atoms with Crippen LogP contribution in [0.4, 0.5) is 0 Å². The highest BCUT2D eigenvalue weighted by Gasteiger charge is 2.85. The number of rotatable bonds is 11. The molecule has 0 spiro atoms. The molecule has 2 heterocycles. The van der Waals surface area contributed by atoms with Crippen LogP contribution in [0.5, 0.6) is 0 Å². The van der Waals surface area contributed by atoms with Gasteiger partial charge in [-0.2, -0.15) is 0 Å². The van der Waals surface area contributed by atoms with Crippen LogP contribution in [-0.4, -0.2) is 130 Å². The Bertz CT molecular complexity index is 940. The lowest BCUT2D eigenvalue weighted by Crippen LogP contribution is -2.74. The summed E-state index contributed by atoms with van der Waals surface area (Å²) < 4.78 is 10.7. The van der Waals surface area contributed by atoms with Crippen LogP contribution in [0.1, 0.15) is 107 Å². The Hall–Kier alpha value is -0.520. The van der Waals surface area contributed by atoms with Crippen molar-refractivity contribution in [3.05, 3.63) is 0 Å². The Labute approximate surface area is 263 Å². The highest BCUT2D eigenvalue weighted by atomic mass is 16.7. The second kappa shape index (κ2) is 13.5. The van der Waals surface area contributed by atoms with Crippen LogP contribution in [0.25, 0.3) is 0 Å². The molecule has 0 amide bonds. The normalized spacial score (nSPS) is 50.3. The molecule has 4 fully saturated rings. The van der Waals surface area contributed by atoms with Crippen LogP contribution in [0, 0.1) is 0 Å². The van der Waals surface area contributed by atoms with Gasteiger partial charge in [-0.1, -0.05) is 52.4 Å². The van der Waals surface area contributed by atoms with E-state index < -0.39 is 69.5 Å². The number of hydrogen-bond donors (Lipinski definition) is 11. The molecule has 2 saturated carbocycles. The first-order valence-electron chi connectivity index (χ1n) is 16.2. The zero-order valence-electron chi connectivity index (χ0n) is 28.4. The molecule has 4 rings (SSSR count). The molecule has 4 aliphatic rings. The molecule has 44 heavy (non-hydrogen) atoms. The Kier molecular flexibility index (Phi) is 12.2. The van der Waals surface area contributed by atoms with Gasteiger partial charge >= 0.3 is 0 Å². The number of hydrogen-bond acceptors (Lipinski definition) is 13. The molecule has 2 aliphatic heterocycles. The maximum Gasteiger partial charge on any atom is 0.195 e. The molecule has 13 nitrogen and oxygen atoms in total. The lowest BCUT2D eigenvalue weighted by atomic mass is 9.72. The van der Waals surface area contributed by atoms with E-state index in [1.54, 1.807) is 7.05 Å². The summed E-state index contributed by atoms with van der Waals surface area (Å²) >= 11 is 0. The van der Waals surface area contributed by atoms with E-state index in [-0.39, 0.29) is 0 Å². The monoisotopic (exact) mass is 637 g/mol. The first kappa shape index (κ1) is 39.7. The van der Waals surface area contributed by atoms with E-state index in [9.17, 15) is 40.9 Å². The van der Waals surface area contributed by atoms with Gasteiger partial charge in [-0.3, -0.25) is 0 Å². The van der Waals surface area contributed by atoms with Gasteiger partial charge in [0.2, 0.25) is 0 Å². The van der Waals surface area contributed by atoms with Gasteiger partial charge in [0.15, 0.2) is 11.6 Å². The highest BCUT2D eigenvalue weighted by molar-refractivity contribution is 5.36. The van der Waals surface area contributed by atoms with Crippen molar-refractivity contribution in [2.75, 3.05) is 20.1 Å². The minimum atomic E-state index is -1.98. The number of fused-ring (bicyclic) bond motifs is 2. The molecular formula is C31H63N3O10. The number of likely N-dealkylation sites (N-methyl/N-ethyl adjacent to an activating group) is 1. The zero-order valence-corrected chi connectivity index (χ0v) is 28.4. The fourth-order valence-electron chi connectivity index (χ4n) is 6.58. The van der Waals surface area contributed by atoms with Crippen LogP contribution in [0.15, 0.2) is 0 Å². The summed E-state index contributed by atoms with van der Waals surface area (Å²) in [5.41, 5.74) is -5.63. The van der Waals surface area contributed by atoms with Crippen LogP contribution in [-0.2, 0) is 9.47 Å². The molecule has 262 valence electrons. The molecule has 0 aromatic carbocycles. The van der Waals surface area contributed by atoms with Gasteiger partial charge in [-0.05, 0) is 74.5 Å². The van der Waals surface area contributed by atoms with Gasteiger partial charge in [-0.25, -0.2) is 0 Å². The van der Waals surface area contributed by atoms with Gasteiger partial charge in [0.1, 0.15) is 45.8 Å². The van der Waals surface area contributed by atoms with Crippen molar-refractivity contribution in [3.63, 3.8) is 0 Å². The first-order chi connectivity index (χ1) is 20.0. The molecule has 12 atom stereocenters. The van der Waals surface area contributed by atoms with Crippen molar-refractivity contribution >= 4 is 0 Å². The summed E-state index contributed by atoms with van der Waals surface area (Å²) in [7, 11) is 1.61. The molecule has 2 aliphatic carbocycles. The van der Waals surface area contributed by atoms with E-state index in [0.717, 1.165) is 32.2 Å². The van der Waals surface area contributed by atoms with E-state index in [0.29, 0.717) is 6.54 Å². The maximum atomic E-state index is 10.7. The first-order valence-corrected chi connectivity index (χ1v) is 16.2. The average molecular weight is 638 g/mol. The van der Waals surface area contributed by atoms with Crippen LogP contribution in [0.3, 0.4) is 0 Å². The van der Waals surface area contributed by atoms with Crippen molar-refractivity contribution < 1.29 is 50.3 Å². The second-order valence-electron chi connectivity index (χ2n) is 14.1. The molecule has 0 aromatic heterocycles. The zero-order chi connectivity index (χ0) is 34.2. The molecule has 0 bridgehead atoms. The van der Waals surface area contributed by atoms with E-state index >= 15 is 0 Å². The number of nitrogens with two attached hydrogens (primary N) is 1. The van der Waals surface area contributed by atoms with Gasteiger partial charge in [0.05, 0.1) is 12.1 Å². The summed E-state index contributed by atoms with van der Waals surface area (Å²) in [5.74, 6) is -3.84. The molecule has 12 N–H and O–H groups in total. The van der Waals surface area contributed by atoms with Crippen LogP contribution in [0.2, 0.25) is 0 Å². The summed E-state index contributed by atoms with van der Waals surface area (Å²) in [4.78, 5) is 0. The van der Waals surface area contributed by atoms with E-state index in [2.05, 4.69) is 24.5 Å². The third kappa shape index (κ3) is 6.23. The minimum Gasteiger partial charge on any atom is -0.384 e. The van der Waals surface area contributed by atoms with Gasteiger partial charge < -0.3 is 66.7 Å². The minimum absolute atomic E-state index is 0.491. The van der Waals surface area contributed by atoms with Crippen molar-refractivity contribution in [3.8, 4) is 0 Å². The fourth-order valence-corrected chi connectivity index (χ4v) is 6.58. The van der Waals surface area contributed by atoms with Crippen molar-refractivity contribution in [1.29, 1.82) is 0 Å². The fraction of sp³-hybridized carbons (Fsp3) is 1.00. The summed E-state index contributed by atoms with van der Waals surface area (Å²) in [5, 5.41) is 88.8. The van der Waals surface area contributed by atoms with Gasteiger partial charge in [-0.15, -0.1) is 0 Å². The largest absolute Gasteiger partial charge is 0.384 e. The van der Waals surface area contributed by atoms with Crippen molar-refractivity contribution in [2.24, 2.45) is 5.73 Å². The van der Waals surface area contributed by atoms with Crippen LogP contribution < -0.4 is 16.4 Å². The predicted octanol–water partition coefficient (Wildman–Crippen LogP) is -0.667. The van der Waals surface area contributed by atoms with E-state index in [4.69, 9.17) is 15.2 Å². The lowest BCUT2D eigenvalue weighted by molar-refractivity contribution is -0.380. The molecule has 0 aromatic rings. The third-order valence-corrected chi connectivity index (χ3v) is 10.9. The molecular weight excluding hydrogens is 574 g/mol. The van der Waals surface area contributed by atoms with Crippen molar-refractivity contribution in [2.45, 2.75) is 176 Å². The third-order valence-electron chi connectivity index (χ3n) is 10.9. The number of ether oxygens (including phenoxy) is 2. The van der Waals surface area contributed by atoms with Gasteiger partial charge in [0.25, 0.3) is 0 Å². The number of nitrogens with one attached hydrogen (secondary N) is 2. The molecule has 2 saturated heterocycles. The van der Waals surface area contributed by atoms with Crippen molar-refractivity contribution in [1.82, 2.24) is 10.6 Å². The second-order valence-corrected chi connectivity index (χ2v) is 14.1. The summed E-state index contributed by atoms with van der Waals surface area (Å²) in [6.45, 7) is 13.6. The number of unbranched alkanes of at least 4 members (excludes halogenated alkanes) is 6. The Morgan fingerprint density at radius 2 is 0.955 bits per heavy atom.